The van der Waals surface area contributed by atoms with Crippen LogP contribution in [-0.4, -0.2) is 41.7 Å². The van der Waals surface area contributed by atoms with Crippen molar-refractivity contribution in [1.29, 1.82) is 0 Å². The molecule has 0 aromatic carbocycles. The largest absolute Gasteiger partial charge is 0.289 e. The molecule has 0 bridgehead atoms. The maximum Gasteiger partial charge on any atom is 0.114 e. The van der Waals surface area contributed by atoms with Crippen LogP contribution >= 0.6 is 15.9 Å². The van der Waals surface area contributed by atoms with E-state index in [1.807, 2.05) is 0 Å². The van der Waals surface area contributed by atoms with Crippen LogP contribution in [0.1, 0.15) is 32.1 Å². The van der Waals surface area contributed by atoms with Crippen molar-refractivity contribution in [3.8, 4) is 0 Å². The number of rotatable bonds is 1. The van der Waals surface area contributed by atoms with Crippen molar-refractivity contribution in [2.75, 3.05) is 19.6 Å². The molecule has 4 heteroatoms. The van der Waals surface area contributed by atoms with Crippen molar-refractivity contribution in [3.63, 3.8) is 0 Å². The van der Waals surface area contributed by atoms with Crippen LogP contribution in [0.5, 0.6) is 0 Å². The van der Waals surface area contributed by atoms with Crippen LogP contribution in [0.3, 0.4) is 0 Å². The predicted molar refractivity (Wildman–Crippen MR) is 69.6 cm³/mol. The lowest BCUT2D eigenvalue weighted by Crippen LogP contribution is -2.53. The smallest absolute Gasteiger partial charge is 0.114 e. The fourth-order valence-electron chi connectivity index (χ4n) is 3.41. The number of halogens is 1. The van der Waals surface area contributed by atoms with Gasteiger partial charge >= 0.3 is 0 Å². The van der Waals surface area contributed by atoms with Crippen molar-refractivity contribution in [3.05, 3.63) is 0 Å². The molecule has 0 aromatic heterocycles. The third kappa shape index (κ3) is 2.30. The second-order valence-corrected chi connectivity index (χ2v) is 6.79. The lowest BCUT2D eigenvalue weighted by Gasteiger charge is -2.30. The summed E-state index contributed by atoms with van der Waals surface area (Å²) in [5, 5.41) is 7.34. The fourth-order valence-corrected chi connectivity index (χ4v) is 3.94. The third-order valence-corrected chi connectivity index (χ3v) is 5.31. The highest BCUT2D eigenvalue weighted by Gasteiger charge is 2.37. The lowest BCUT2D eigenvalue weighted by atomic mass is 9.84. The Balaban J connectivity index is 1.56. The van der Waals surface area contributed by atoms with Gasteiger partial charge in [0.05, 0.1) is 0 Å². The van der Waals surface area contributed by atoms with Crippen molar-refractivity contribution in [2.45, 2.75) is 49.3 Å². The van der Waals surface area contributed by atoms with Gasteiger partial charge in [-0.1, -0.05) is 15.9 Å². The summed E-state index contributed by atoms with van der Waals surface area (Å²) in [7, 11) is 0. The zero-order valence-electron chi connectivity index (χ0n) is 9.79. The van der Waals surface area contributed by atoms with Gasteiger partial charge in [0.1, 0.15) is 6.29 Å². The molecule has 1 aliphatic carbocycles. The van der Waals surface area contributed by atoms with Crippen molar-refractivity contribution >= 4 is 15.9 Å². The fraction of sp³-hybridized carbons (Fsp3) is 1.00. The first-order valence-electron chi connectivity index (χ1n) is 6.70. The van der Waals surface area contributed by atoms with E-state index < -0.39 is 0 Å². The number of nitrogens with one attached hydrogen (secondary N) is 2. The molecule has 3 rings (SSSR count). The monoisotopic (exact) mass is 287 g/mol. The van der Waals surface area contributed by atoms with E-state index in [0.717, 1.165) is 16.8 Å². The molecule has 92 valence electrons. The Morgan fingerprint density at radius 3 is 2.69 bits per heavy atom. The minimum absolute atomic E-state index is 0.473. The third-order valence-electron chi connectivity index (χ3n) is 4.40. The zero-order valence-corrected chi connectivity index (χ0v) is 11.4. The molecule has 0 amide bonds. The summed E-state index contributed by atoms with van der Waals surface area (Å²) in [6.45, 7) is 3.71. The van der Waals surface area contributed by atoms with Crippen LogP contribution in [0, 0.1) is 5.92 Å². The van der Waals surface area contributed by atoms with Gasteiger partial charge in [0.25, 0.3) is 0 Å². The van der Waals surface area contributed by atoms with E-state index in [9.17, 15) is 0 Å². The Bertz CT molecular complexity index is 226. The summed E-state index contributed by atoms with van der Waals surface area (Å²) in [6.07, 6.45) is 7.30. The maximum absolute atomic E-state index is 3.78. The van der Waals surface area contributed by atoms with Crippen molar-refractivity contribution in [1.82, 2.24) is 15.5 Å². The molecule has 2 aliphatic heterocycles. The normalized spacial score (nSPS) is 45.6. The Hall–Kier alpha value is 0.360. The highest BCUT2D eigenvalue weighted by Crippen LogP contribution is 2.32. The molecule has 1 saturated carbocycles. The van der Waals surface area contributed by atoms with Crippen LogP contribution in [0.4, 0.5) is 0 Å². The molecule has 2 atom stereocenters. The highest BCUT2D eigenvalue weighted by molar-refractivity contribution is 9.09. The lowest BCUT2D eigenvalue weighted by molar-refractivity contribution is 0.166. The molecule has 0 aromatic rings. The number of alkyl halides is 1. The molecule has 16 heavy (non-hydrogen) atoms. The Morgan fingerprint density at radius 1 is 1.12 bits per heavy atom. The van der Waals surface area contributed by atoms with Crippen LogP contribution in [0.2, 0.25) is 0 Å². The first-order valence-corrected chi connectivity index (χ1v) is 7.62. The minimum Gasteiger partial charge on any atom is -0.289 e. The van der Waals surface area contributed by atoms with Gasteiger partial charge in [-0.05, 0) is 44.6 Å². The first kappa shape index (κ1) is 11.5. The second-order valence-electron chi connectivity index (χ2n) is 5.49. The van der Waals surface area contributed by atoms with E-state index in [0.29, 0.717) is 6.29 Å². The average molecular weight is 288 g/mol. The Kier molecular flexibility index (Phi) is 3.52. The quantitative estimate of drug-likeness (QED) is 0.716. The molecule has 3 nitrogen and oxygen atoms in total. The molecule has 0 radical (unpaired) electrons. The average Bonchev–Trinajstić information content (AvgIpc) is 2.73. The topological polar surface area (TPSA) is 27.3 Å². The van der Waals surface area contributed by atoms with E-state index >= 15 is 0 Å². The summed E-state index contributed by atoms with van der Waals surface area (Å²) in [6, 6.07) is 0.732. The minimum atomic E-state index is 0.473. The summed E-state index contributed by atoms with van der Waals surface area (Å²) >= 11 is 3.74. The van der Waals surface area contributed by atoms with Gasteiger partial charge in [-0.2, -0.15) is 0 Å². The van der Waals surface area contributed by atoms with Crippen molar-refractivity contribution < 1.29 is 0 Å². The summed E-state index contributed by atoms with van der Waals surface area (Å²) in [4.78, 5) is 3.36. The summed E-state index contributed by atoms with van der Waals surface area (Å²) in [5.41, 5.74) is 0. The molecule has 2 N–H and O–H groups in total. The number of hydrogen-bond acceptors (Lipinski definition) is 3. The number of nitrogens with zero attached hydrogens (tertiary/aromatic N) is 1. The van der Waals surface area contributed by atoms with E-state index in [-0.39, 0.29) is 0 Å². The van der Waals surface area contributed by atoms with Gasteiger partial charge in [-0.3, -0.25) is 15.5 Å². The van der Waals surface area contributed by atoms with Crippen molar-refractivity contribution in [2.24, 2.45) is 5.92 Å². The van der Waals surface area contributed by atoms with E-state index in [1.54, 1.807) is 0 Å². The van der Waals surface area contributed by atoms with E-state index in [4.69, 9.17) is 0 Å². The molecular formula is C12H22BrN3. The molecule has 2 saturated heterocycles. The van der Waals surface area contributed by atoms with Gasteiger partial charge in [-0.15, -0.1) is 0 Å². The molecule has 2 unspecified atom stereocenters. The number of fused-ring (bicyclic) bond motifs is 1. The molecule has 0 spiro atoms. The van der Waals surface area contributed by atoms with E-state index in [1.165, 1.54) is 51.7 Å². The van der Waals surface area contributed by atoms with Gasteiger partial charge in [0.2, 0.25) is 0 Å². The van der Waals surface area contributed by atoms with Crippen LogP contribution < -0.4 is 10.6 Å². The van der Waals surface area contributed by atoms with Crippen LogP contribution in [0.25, 0.3) is 0 Å². The van der Waals surface area contributed by atoms with Gasteiger partial charge in [-0.25, -0.2) is 0 Å². The molecular weight excluding hydrogens is 266 g/mol. The predicted octanol–water partition coefficient (Wildman–Crippen LogP) is 1.49. The summed E-state index contributed by atoms with van der Waals surface area (Å²) < 4.78 is 0. The highest BCUT2D eigenvalue weighted by atomic mass is 79.9. The van der Waals surface area contributed by atoms with Crippen LogP contribution in [-0.2, 0) is 0 Å². The van der Waals surface area contributed by atoms with Gasteiger partial charge in [0, 0.05) is 24.0 Å². The SMILES string of the molecule is BrC1CCC(C2CN3CCCNC3N2)CC1. The first-order chi connectivity index (χ1) is 7.83. The summed E-state index contributed by atoms with van der Waals surface area (Å²) in [5.74, 6) is 0.904. The van der Waals surface area contributed by atoms with Gasteiger partial charge < -0.3 is 0 Å². The Morgan fingerprint density at radius 2 is 1.94 bits per heavy atom. The maximum atomic E-state index is 3.78. The second kappa shape index (κ2) is 4.92. The molecule has 3 fully saturated rings. The standard InChI is InChI=1S/C12H22BrN3/c13-10-4-2-9(3-5-10)11-8-16-7-1-6-14-12(16)15-11/h9-12,14-15H,1-8H2. The van der Waals surface area contributed by atoms with E-state index in [2.05, 4.69) is 31.5 Å². The molecule has 2 heterocycles. The zero-order chi connectivity index (χ0) is 11.0. The Labute approximate surface area is 106 Å². The van der Waals surface area contributed by atoms with Crippen LogP contribution in [0.15, 0.2) is 0 Å². The molecule has 3 aliphatic rings. The number of hydrogen-bond donors (Lipinski definition) is 2. The van der Waals surface area contributed by atoms with Gasteiger partial charge in [0.15, 0.2) is 0 Å².